The van der Waals surface area contributed by atoms with Crippen molar-refractivity contribution in [2.75, 3.05) is 0 Å². The van der Waals surface area contributed by atoms with Crippen LogP contribution in [0.1, 0.15) is 37.4 Å². The van der Waals surface area contributed by atoms with E-state index >= 15 is 0 Å². The Morgan fingerprint density at radius 1 is 0.733 bits per heavy atom. The Balaban J connectivity index is 1.78. The molecule has 0 saturated carbocycles. The Morgan fingerprint density at radius 3 is 2.00 bits per heavy atom. The maximum absolute atomic E-state index is 13.8. The fourth-order valence-corrected chi connectivity index (χ4v) is 4.77. The lowest BCUT2D eigenvalue weighted by atomic mass is 9.70. The van der Waals surface area contributed by atoms with Gasteiger partial charge >= 0.3 is 0 Å². The molecule has 1 aliphatic carbocycles. The number of benzene rings is 4. The summed E-state index contributed by atoms with van der Waals surface area (Å²) < 4.78 is 0. The van der Waals surface area contributed by atoms with E-state index in [1.54, 1.807) is 24.3 Å². The number of hydrogen-bond donors (Lipinski definition) is 0. The maximum atomic E-state index is 13.8. The van der Waals surface area contributed by atoms with Crippen LogP contribution in [-0.2, 0) is 11.8 Å². The lowest BCUT2D eigenvalue weighted by molar-refractivity contribution is 0.0793. The largest absolute Gasteiger partial charge is 0.293 e. The first-order chi connectivity index (χ1) is 14.5. The molecule has 4 aromatic carbocycles. The number of carbonyl (C=O) groups is 2. The van der Waals surface area contributed by atoms with E-state index in [4.69, 9.17) is 11.6 Å². The summed E-state index contributed by atoms with van der Waals surface area (Å²) in [6, 6.07) is 26.5. The molecule has 146 valence electrons. The number of hydrogen-bond acceptors (Lipinski definition) is 2. The van der Waals surface area contributed by atoms with Gasteiger partial charge in [0.05, 0.1) is 0 Å². The summed E-state index contributed by atoms with van der Waals surface area (Å²) in [5, 5.41) is 2.74. The van der Waals surface area contributed by atoms with Gasteiger partial charge in [-0.25, -0.2) is 0 Å². The first-order valence-electron chi connectivity index (χ1n) is 9.94. The minimum atomic E-state index is -1.29. The molecule has 0 atom stereocenters. The van der Waals surface area contributed by atoms with Crippen LogP contribution in [0.25, 0.3) is 10.8 Å². The van der Waals surface area contributed by atoms with Crippen LogP contribution in [0.15, 0.2) is 84.9 Å². The van der Waals surface area contributed by atoms with Crippen molar-refractivity contribution in [3.63, 3.8) is 0 Å². The van der Waals surface area contributed by atoms with E-state index in [2.05, 4.69) is 24.3 Å². The number of carbonyl (C=O) groups excluding carboxylic acids is 2. The Hall–Kier alpha value is -3.23. The molecule has 0 radical (unpaired) electrons. The zero-order chi connectivity index (χ0) is 20.9. The van der Waals surface area contributed by atoms with E-state index in [1.807, 2.05) is 43.3 Å². The van der Waals surface area contributed by atoms with E-state index in [9.17, 15) is 9.59 Å². The van der Waals surface area contributed by atoms with Crippen LogP contribution in [-0.4, -0.2) is 11.6 Å². The van der Waals surface area contributed by atoms with Crippen LogP contribution in [0.3, 0.4) is 0 Å². The number of ketones is 2. The van der Waals surface area contributed by atoms with Crippen LogP contribution < -0.4 is 0 Å². The second-order valence-electron chi connectivity index (χ2n) is 7.87. The third-order valence-electron chi connectivity index (χ3n) is 6.25. The fourth-order valence-electron chi connectivity index (χ4n) is 4.65. The average Bonchev–Trinajstić information content (AvgIpc) is 2.99. The molecule has 0 amide bonds. The third-order valence-corrected chi connectivity index (χ3v) is 6.50. The number of rotatable bonds is 3. The van der Waals surface area contributed by atoms with Gasteiger partial charge in [-0.3, -0.25) is 9.59 Å². The van der Waals surface area contributed by atoms with Gasteiger partial charge in [0.2, 0.25) is 0 Å². The van der Waals surface area contributed by atoms with Crippen molar-refractivity contribution in [2.24, 2.45) is 0 Å². The summed E-state index contributed by atoms with van der Waals surface area (Å²) in [5.74, 6) is -0.282. The zero-order valence-electron chi connectivity index (χ0n) is 16.5. The van der Waals surface area contributed by atoms with Crippen LogP contribution in [0.4, 0.5) is 0 Å². The first kappa shape index (κ1) is 18.8. The van der Waals surface area contributed by atoms with Crippen LogP contribution in [0.2, 0.25) is 5.02 Å². The van der Waals surface area contributed by atoms with Gasteiger partial charge in [-0.05, 0) is 52.9 Å². The quantitative estimate of drug-likeness (QED) is 0.368. The number of fused-ring (bicyclic) bond motifs is 2. The molecule has 1 aliphatic rings. The highest BCUT2D eigenvalue weighted by Gasteiger charge is 2.54. The average molecular weight is 411 g/mol. The van der Waals surface area contributed by atoms with E-state index in [0.29, 0.717) is 28.1 Å². The Morgan fingerprint density at radius 2 is 1.33 bits per heavy atom. The molecule has 0 heterocycles. The van der Waals surface area contributed by atoms with E-state index in [1.165, 1.54) is 0 Å². The van der Waals surface area contributed by atoms with Gasteiger partial charge in [-0.2, -0.15) is 0 Å². The summed E-state index contributed by atoms with van der Waals surface area (Å²) in [6.07, 6.45) is 0.314. The van der Waals surface area contributed by atoms with Crippen LogP contribution in [0, 0.1) is 6.92 Å². The van der Waals surface area contributed by atoms with E-state index < -0.39 is 5.41 Å². The molecule has 0 bridgehead atoms. The summed E-state index contributed by atoms with van der Waals surface area (Å²) in [5.41, 5.74) is 2.48. The molecule has 5 rings (SSSR count). The second-order valence-corrected chi connectivity index (χ2v) is 8.31. The van der Waals surface area contributed by atoms with Crippen molar-refractivity contribution in [1.82, 2.24) is 0 Å². The summed E-state index contributed by atoms with van der Waals surface area (Å²) in [6.45, 7) is 2.04. The molecule has 2 nitrogen and oxygen atoms in total. The van der Waals surface area contributed by atoms with Crippen molar-refractivity contribution >= 4 is 33.9 Å². The molecule has 0 N–H and O–H groups in total. The van der Waals surface area contributed by atoms with Crippen molar-refractivity contribution in [3.8, 4) is 0 Å². The number of aryl methyl sites for hydroxylation is 1. The van der Waals surface area contributed by atoms with Gasteiger partial charge in [-0.1, -0.05) is 84.4 Å². The highest BCUT2D eigenvalue weighted by Crippen LogP contribution is 2.44. The SMILES string of the molecule is Cc1ccc2ccccc2c1CC1(c2ccc(Cl)cc2)C(=O)c2ccccc2C1=O. The molecule has 3 heteroatoms. The maximum Gasteiger partial charge on any atom is 0.182 e. The minimum Gasteiger partial charge on any atom is -0.293 e. The normalized spacial score (nSPS) is 14.9. The lowest BCUT2D eigenvalue weighted by Crippen LogP contribution is -2.41. The smallest absolute Gasteiger partial charge is 0.182 e. The molecule has 0 saturated heterocycles. The predicted octanol–water partition coefficient (Wildman–Crippen LogP) is 6.36. The van der Waals surface area contributed by atoms with Crippen LogP contribution in [0.5, 0.6) is 0 Å². The van der Waals surface area contributed by atoms with Crippen molar-refractivity contribution in [2.45, 2.75) is 18.8 Å². The fraction of sp³-hybridized carbons (Fsp3) is 0.111. The molecule has 0 aliphatic heterocycles. The molecule has 0 spiro atoms. The topological polar surface area (TPSA) is 34.1 Å². The standard InChI is InChI=1S/C27H19ClO2/c1-17-10-11-18-6-2-3-7-21(18)24(17)16-27(19-12-14-20(28)15-13-19)25(29)22-8-4-5-9-23(22)26(27)30/h2-15H,16H2,1H3. The molecule has 0 unspecified atom stereocenters. The number of Topliss-reactive ketones (excluding diaryl/α,β-unsaturated/α-hetero) is 2. The second kappa shape index (κ2) is 6.93. The third kappa shape index (κ3) is 2.64. The van der Waals surface area contributed by atoms with E-state index in [0.717, 1.165) is 21.9 Å². The first-order valence-corrected chi connectivity index (χ1v) is 10.3. The Bertz CT molecular complexity index is 1280. The van der Waals surface area contributed by atoms with Crippen molar-refractivity contribution < 1.29 is 9.59 Å². The highest BCUT2D eigenvalue weighted by molar-refractivity contribution is 6.34. The van der Waals surface area contributed by atoms with E-state index in [-0.39, 0.29) is 11.6 Å². The van der Waals surface area contributed by atoms with Crippen LogP contribution >= 0.6 is 11.6 Å². The van der Waals surface area contributed by atoms with Gasteiger partial charge in [-0.15, -0.1) is 0 Å². The number of halogens is 1. The molecular weight excluding hydrogens is 392 g/mol. The zero-order valence-corrected chi connectivity index (χ0v) is 17.2. The highest BCUT2D eigenvalue weighted by atomic mass is 35.5. The molecule has 30 heavy (non-hydrogen) atoms. The van der Waals surface area contributed by atoms with Gasteiger partial charge in [0.15, 0.2) is 11.6 Å². The Labute approximate surface area is 180 Å². The van der Waals surface area contributed by atoms with Gasteiger partial charge in [0.25, 0.3) is 0 Å². The van der Waals surface area contributed by atoms with Gasteiger partial charge in [0.1, 0.15) is 5.41 Å². The van der Waals surface area contributed by atoms with Gasteiger partial charge in [0, 0.05) is 16.1 Å². The molecule has 0 aromatic heterocycles. The minimum absolute atomic E-state index is 0.141. The van der Waals surface area contributed by atoms with Crippen molar-refractivity contribution in [3.05, 3.63) is 118 Å². The lowest BCUT2D eigenvalue weighted by Gasteiger charge is -2.28. The monoisotopic (exact) mass is 410 g/mol. The predicted molar refractivity (Wildman–Crippen MR) is 121 cm³/mol. The summed E-state index contributed by atoms with van der Waals surface area (Å²) in [7, 11) is 0. The summed E-state index contributed by atoms with van der Waals surface area (Å²) >= 11 is 6.12. The van der Waals surface area contributed by atoms with Gasteiger partial charge < -0.3 is 0 Å². The van der Waals surface area contributed by atoms with Crippen molar-refractivity contribution in [1.29, 1.82) is 0 Å². The molecule has 0 fully saturated rings. The Kier molecular flexibility index (Phi) is 4.34. The molecule has 4 aromatic rings. The molecular formula is C27H19ClO2. The summed E-state index contributed by atoms with van der Waals surface area (Å²) in [4.78, 5) is 27.6.